The van der Waals surface area contributed by atoms with Gasteiger partial charge in [-0.1, -0.05) is 12.1 Å². The van der Waals surface area contributed by atoms with Crippen LogP contribution in [0.15, 0.2) is 41.0 Å². The normalized spacial score (nSPS) is 14.4. The molecule has 1 saturated heterocycles. The molecule has 1 aromatic heterocycles. The van der Waals surface area contributed by atoms with Crippen LogP contribution in [0.5, 0.6) is 0 Å². The van der Waals surface area contributed by atoms with Crippen LogP contribution < -0.4 is 5.73 Å². The highest BCUT2D eigenvalue weighted by Crippen LogP contribution is 2.14. The van der Waals surface area contributed by atoms with Gasteiger partial charge in [-0.3, -0.25) is 9.59 Å². The van der Waals surface area contributed by atoms with Gasteiger partial charge in [0.05, 0.1) is 18.5 Å². The van der Waals surface area contributed by atoms with Gasteiger partial charge in [0, 0.05) is 26.2 Å². The maximum atomic E-state index is 13.3. The lowest BCUT2D eigenvalue weighted by Gasteiger charge is -2.22. The van der Waals surface area contributed by atoms with E-state index in [0.717, 1.165) is 0 Å². The van der Waals surface area contributed by atoms with Crippen molar-refractivity contribution in [3.05, 3.63) is 59.3 Å². The molecule has 2 aromatic rings. The van der Waals surface area contributed by atoms with E-state index in [1.54, 1.807) is 28.0 Å². The number of rotatable bonds is 4. The minimum Gasteiger partial charge on any atom is -0.467 e. The second-order valence-corrected chi connectivity index (χ2v) is 6.34. The van der Waals surface area contributed by atoms with E-state index in [1.165, 1.54) is 18.4 Å². The topological polar surface area (TPSA) is 79.8 Å². The number of furan rings is 1. The molecule has 8 heteroatoms. The lowest BCUT2D eigenvalue weighted by atomic mass is 10.1. The van der Waals surface area contributed by atoms with Crippen molar-refractivity contribution in [2.24, 2.45) is 5.73 Å². The van der Waals surface area contributed by atoms with Crippen LogP contribution in [0.1, 0.15) is 28.1 Å². The molecule has 1 aliphatic heterocycles. The number of amides is 2. The summed E-state index contributed by atoms with van der Waals surface area (Å²) < 4.78 is 18.5. The Kier molecular flexibility index (Phi) is 7.38. The van der Waals surface area contributed by atoms with Gasteiger partial charge in [0.25, 0.3) is 5.91 Å². The molecular formula is C19H23ClFN3O3. The number of carbonyl (C=O) groups excluding carboxylic acids is 2. The molecule has 146 valence electrons. The molecule has 2 heterocycles. The first kappa shape index (κ1) is 20.9. The largest absolute Gasteiger partial charge is 0.467 e. The summed E-state index contributed by atoms with van der Waals surface area (Å²) in [6.07, 6.45) is 2.28. The van der Waals surface area contributed by atoms with Gasteiger partial charge < -0.3 is 20.0 Å². The zero-order valence-electron chi connectivity index (χ0n) is 14.9. The Balaban J connectivity index is 0.00000261. The molecule has 0 saturated carbocycles. The average Bonchev–Trinajstić information content (AvgIpc) is 2.97. The van der Waals surface area contributed by atoms with Crippen LogP contribution >= 0.6 is 12.4 Å². The average molecular weight is 396 g/mol. The summed E-state index contributed by atoms with van der Waals surface area (Å²) in [4.78, 5) is 28.5. The molecule has 6 nitrogen and oxygen atoms in total. The Labute approximate surface area is 163 Å². The Hall–Kier alpha value is -2.38. The Morgan fingerprint density at radius 2 is 1.85 bits per heavy atom. The van der Waals surface area contributed by atoms with Crippen molar-refractivity contribution < 1.29 is 18.4 Å². The van der Waals surface area contributed by atoms with Gasteiger partial charge in [-0.25, -0.2) is 4.39 Å². The molecule has 0 atom stereocenters. The summed E-state index contributed by atoms with van der Waals surface area (Å²) >= 11 is 0. The highest BCUT2D eigenvalue weighted by atomic mass is 35.5. The van der Waals surface area contributed by atoms with Crippen LogP contribution in [0.4, 0.5) is 4.39 Å². The van der Waals surface area contributed by atoms with Crippen LogP contribution in [0.2, 0.25) is 0 Å². The maximum Gasteiger partial charge on any atom is 0.257 e. The summed E-state index contributed by atoms with van der Waals surface area (Å²) in [5.74, 6) is 0.0430. The molecule has 1 fully saturated rings. The van der Waals surface area contributed by atoms with Gasteiger partial charge >= 0.3 is 0 Å². The third-order valence-corrected chi connectivity index (χ3v) is 4.48. The predicted molar refractivity (Wildman–Crippen MR) is 101 cm³/mol. The number of hydrogen-bond donors (Lipinski definition) is 1. The zero-order chi connectivity index (χ0) is 18.5. The van der Waals surface area contributed by atoms with Crippen molar-refractivity contribution in [3.63, 3.8) is 0 Å². The van der Waals surface area contributed by atoms with Gasteiger partial charge in [0.1, 0.15) is 17.8 Å². The highest BCUT2D eigenvalue weighted by molar-refractivity contribution is 5.94. The molecule has 2 amide bonds. The zero-order valence-corrected chi connectivity index (χ0v) is 15.7. The van der Waals surface area contributed by atoms with E-state index in [2.05, 4.69) is 0 Å². The quantitative estimate of drug-likeness (QED) is 0.860. The maximum absolute atomic E-state index is 13.3. The minimum atomic E-state index is -0.347. The van der Waals surface area contributed by atoms with E-state index in [-0.39, 0.29) is 43.0 Å². The van der Waals surface area contributed by atoms with Crippen LogP contribution in [-0.4, -0.2) is 47.8 Å². The highest BCUT2D eigenvalue weighted by Gasteiger charge is 2.24. The molecule has 0 aliphatic carbocycles. The monoisotopic (exact) mass is 395 g/mol. The first-order valence-corrected chi connectivity index (χ1v) is 8.66. The van der Waals surface area contributed by atoms with Crippen molar-refractivity contribution in [2.45, 2.75) is 19.4 Å². The molecule has 0 spiro atoms. The van der Waals surface area contributed by atoms with E-state index in [9.17, 15) is 14.0 Å². The number of nitrogens with two attached hydrogens (primary N) is 1. The van der Waals surface area contributed by atoms with Crippen molar-refractivity contribution in [3.8, 4) is 0 Å². The molecular weight excluding hydrogens is 373 g/mol. The van der Waals surface area contributed by atoms with Crippen molar-refractivity contribution >= 4 is 24.2 Å². The Bertz CT molecular complexity index is 796. The summed E-state index contributed by atoms with van der Waals surface area (Å²) in [6, 6.07) is 7.72. The van der Waals surface area contributed by atoms with E-state index >= 15 is 0 Å². The lowest BCUT2D eigenvalue weighted by Crippen LogP contribution is -2.37. The molecule has 3 rings (SSSR count). The van der Waals surface area contributed by atoms with Crippen molar-refractivity contribution in [1.82, 2.24) is 9.80 Å². The summed E-state index contributed by atoms with van der Waals surface area (Å²) in [5.41, 5.74) is 6.63. The van der Waals surface area contributed by atoms with Crippen LogP contribution in [0.25, 0.3) is 0 Å². The number of halogens is 2. The summed E-state index contributed by atoms with van der Waals surface area (Å²) in [6.45, 7) is 2.32. The summed E-state index contributed by atoms with van der Waals surface area (Å²) in [5, 5.41) is 0. The number of hydrogen-bond acceptors (Lipinski definition) is 4. The van der Waals surface area contributed by atoms with Gasteiger partial charge in [-0.05, 0) is 30.2 Å². The molecule has 0 unspecified atom stereocenters. The predicted octanol–water partition coefficient (Wildman–Crippen LogP) is 2.22. The van der Waals surface area contributed by atoms with E-state index in [1.807, 2.05) is 0 Å². The molecule has 1 aromatic carbocycles. The molecule has 2 N–H and O–H groups in total. The fourth-order valence-corrected chi connectivity index (χ4v) is 3.09. The molecule has 0 bridgehead atoms. The second-order valence-electron chi connectivity index (χ2n) is 6.34. The van der Waals surface area contributed by atoms with Gasteiger partial charge in [-0.2, -0.15) is 0 Å². The Morgan fingerprint density at radius 3 is 2.56 bits per heavy atom. The fourth-order valence-electron chi connectivity index (χ4n) is 3.09. The van der Waals surface area contributed by atoms with Gasteiger partial charge in [0.2, 0.25) is 5.91 Å². The first-order valence-electron chi connectivity index (χ1n) is 8.66. The van der Waals surface area contributed by atoms with Gasteiger partial charge in [-0.15, -0.1) is 12.4 Å². The van der Waals surface area contributed by atoms with Crippen LogP contribution in [-0.2, 0) is 17.8 Å². The molecule has 1 aliphatic rings. The smallest absolute Gasteiger partial charge is 0.257 e. The lowest BCUT2D eigenvalue weighted by molar-refractivity contribution is -0.130. The van der Waals surface area contributed by atoms with E-state index < -0.39 is 0 Å². The number of nitrogens with zero attached hydrogens (tertiary/aromatic N) is 2. The van der Waals surface area contributed by atoms with Crippen LogP contribution in [0, 0.1) is 5.82 Å². The Morgan fingerprint density at radius 1 is 1.11 bits per heavy atom. The third kappa shape index (κ3) is 5.30. The second kappa shape index (κ2) is 9.53. The van der Waals surface area contributed by atoms with Gasteiger partial charge in [0.15, 0.2) is 0 Å². The molecule has 0 radical (unpaired) electrons. The van der Waals surface area contributed by atoms with E-state index in [4.69, 9.17) is 10.2 Å². The number of benzene rings is 1. The SMILES string of the molecule is Cl.NCc1cc(C(=O)N2CCCN(C(=O)Cc3cccc(F)c3)CC2)co1. The number of carbonyl (C=O) groups is 2. The third-order valence-electron chi connectivity index (χ3n) is 4.48. The van der Waals surface area contributed by atoms with Crippen molar-refractivity contribution in [2.75, 3.05) is 26.2 Å². The first-order chi connectivity index (χ1) is 12.6. The van der Waals surface area contributed by atoms with E-state index in [0.29, 0.717) is 49.5 Å². The summed E-state index contributed by atoms with van der Waals surface area (Å²) in [7, 11) is 0. The fraction of sp³-hybridized carbons (Fsp3) is 0.368. The minimum absolute atomic E-state index is 0. The standard InChI is InChI=1S/C19H22FN3O3.ClH/c20-16-4-1-3-14(9-16)10-18(24)22-5-2-6-23(8-7-22)19(25)15-11-17(12-21)26-13-15;/h1,3-4,9,11,13H,2,5-8,10,12,21H2;1H. The van der Waals surface area contributed by atoms with Crippen molar-refractivity contribution in [1.29, 1.82) is 0 Å². The molecule has 27 heavy (non-hydrogen) atoms. The van der Waals surface area contributed by atoms with Crippen LogP contribution in [0.3, 0.4) is 0 Å².